The number of aromatic nitrogens is 1. The first kappa shape index (κ1) is 36.0. The maximum atomic E-state index is 14.2. The molecule has 0 spiro atoms. The van der Waals surface area contributed by atoms with Crippen LogP contribution in [0.5, 0.6) is 17.2 Å². The van der Waals surface area contributed by atoms with E-state index in [1.807, 2.05) is 41.0 Å². The largest absolute Gasteiger partial charge is 0.489 e. The average Bonchev–Trinajstić information content (AvgIpc) is 3.04. The number of nitrogens with zero attached hydrogens (tertiary/aromatic N) is 1. The Labute approximate surface area is 272 Å². The molecule has 0 saturated carbocycles. The van der Waals surface area contributed by atoms with Gasteiger partial charge in [0.25, 0.3) is 5.56 Å². The third kappa shape index (κ3) is 12.4. The van der Waals surface area contributed by atoms with Crippen molar-refractivity contribution in [1.29, 1.82) is 0 Å². The molecular weight excluding hydrogens is 558 g/mol. The number of allylic oxidation sites excluding steroid dienone is 3. The van der Waals surface area contributed by atoms with Crippen LogP contribution in [0, 0.1) is 0 Å². The van der Waals surface area contributed by atoms with E-state index in [2.05, 4.69) is 58.9 Å². The lowest BCUT2D eigenvalue weighted by molar-refractivity contribution is 0.272. The molecule has 0 aliphatic heterocycles. The summed E-state index contributed by atoms with van der Waals surface area (Å²) in [6.07, 6.45) is 17.6. The summed E-state index contributed by atoms with van der Waals surface area (Å²) in [4.78, 5) is 14.2. The van der Waals surface area contributed by atoms with Crippen LogP contribution in [0.4, 0.5) is 0 Å². The maximum Gasteiger partial charge on any atom is 0.297 e. The molecule has 246 valence electrons. The number of aryl methyl sites for hydroxylation is 1. The Kier molecular flexibility index (Phi) is 16.4. The summed E-state index contributed by atoms with van der Waals surface area (Å²) >= 11 is 0. The van der Waals surface area contributed by atoms with E-state index in [1.165, 1.54) is 36.8 Å². The van der Waals surface area contributed by atoms with E-state index in [0.717, 1.165) is 73.6 Å². The molecule has 0 fully saturated rings. The number of rotatable bonds is 22. The van der Waals surface area contributed by atoms with Gasteiger partial charge in [0.15, 0.2) is 5.75 Å². The summed E-state index contributed by atoms with van der Waals surface area (Å²) in [6.45, 7) is 12.8. The molecule has 0 bridgehead atoms. The van der Waals surface area contributed by atoms with Crippen LogP contribution in [0.2, 0.25) is 0 Å². The number of unbranched alkanes of at least 4 members (excludes halogenated alkanes) is 8. The molecule has 1 aromatic heterocycles. The van der Waals surface area contributed by atoms with Gasteiger partial charge in [-0.25, -0.2) is 0 Å². The Morgan fingerprint density at radius 1 is 0.756 bits per heavy atom. The van der Waals surface area contributed by atoms with Crippen LogP contribution in [-0.2, 0) is 13.2 Å². The molecule has 0 atom stereocenters. The summed E-state index contributed by atoms with van der Waals surface area (Å²) in [7, 11) is 0. The van der Waals surface area contributed by atoms with E-state index in [-0.39, 0.29) is 5.56 Å². The molecule has 0 radical (unpaired) electrons. The molecule has 5 nitrogen and oxygen atoms in total. The minimum absolute atomic E-state index is 0.119. The van der Waals surface area contributed by atoms with E-state index in [0.29, 0.717) is 37.9 Å². The van der Waals surface area contributed by atoms with E-state index >= 15 is 0 Å². The monoisotopic (exact) mass is 615 g/mol. The van der Waals surface area contributed by atoms with Crippen LogP contribution in [-0.4, -0.2) is 17.8 Å². The normalized spacial score (nSPS) is 11.5. The van der Waals surface area contributed by atoms with Crippen molar-refractivity contribution in [3.05, 3.63) is 87.7 Å². The van der Waals surface area contributed by atoms with Crippen molar-refractivity contribution in [2.75, 3.05) is 13.2 Å². The van der Waals surface area contributed by atoms with E-state index in [4.69, 9.17) is 14.2 Å². The molecule has 45 heavy (non-hydrogen) atoms. The SMILES string of the molecule is CCCCCCCCn1c(=O)c(OCCCCCC)c(OC/C=C(\C)CCC=C(C)C)c2ccc(OCc3ccccc3)cc21. The van der Waals surface area contributed by atoms with Crippen molar-refractivity contribution in [2.45, 2.75) is 125 Å². The fraction of sp³-hybridized carbons (Fsp3) is 0.525. The minimum atomic E-state index is -0.119. The van der Waals surface area contributed by atoms with Crippen molar-refractivity contribution in [3.8, 4) is 17.2 Å². The smallest absolute Gasteiger partial charge is 0.297 e. The molecule has 0 aliphatic rings. The first-order chi connectivity index (χ1) is 21.9. The van der Waals surface area contributed by atoms with Crippen LogP contribution in [0.1, 0.15) is 117 Å². The van der Waals surface area contributed by atoms with Gasteiger partial charge in [-0.2, -0.15) is 0 Å². The third-order valence-corrected chi connectivity index (χ3v) is 8.13. The summed E-state index contributed by atoms with van der Waals surface area (Å²) in [6, 6.07) is 16.1. The molecule has 0 aliphatic carbocycles. The Bertz CT molecular complexity index is 1400. The summed E-state index contributed by atoms with van der Waals surface area (Å²) in [5, 5.41) is 0.881. The lowest BCUT2D eigenvalue weighted by atomic mass is 10.1. The quantitative estimate of drug-likeness (QED) is 0.0833. The molecule has 0 unspecified atom stereocenters. The maximum absolute atomic E-state index is 14.2. The average molecular weight is 616 g/mol. The van der Waals surface area contributed by atoms with Crippen LogP contribution >= 0.6 is 0 Å². The van der Waals surface area contributed by atoms with Crippen molar-refractivity contribution >= 4 is 10.9 Å². The number of fused-ring (bicyclic) bond motifs is 1. The Hall–Kier alpha value is -3.47. The number of hydrogen-bond acceptors (Lipinski definition) is 4. The molecule has 0 amide bonds. The molecular formula is C40H57NO4. The van der Waals surface area contributed by atoms with Crippen LogP contribution < -0.4 is 19.8 Å². The van der Waals surface area contributed by atoms with Crippen LogP contribution in [0.25, 0.3) is 10.9 Å². The Balaban J connectivity index is 1.96. The highest BCUT2D eigenvalue weighted by atomic mass is 16.5. The summed E-state index contributed by atoms with van der Waals surface area (Å²) < 4.78 is 20.8. The molecule has 2 aromatic carbocycles. The fourth-order valence-electron chi connectivity index (χ4n) is 5.41. The highest BCUT2D eigenvalue weighted by Gasteiger charge is 2.20. The molecule has 1 heterocycles. The van der Waals surface area contributed by atoms with Crippen molar-refractivity contribution in [2.24, 2.45) is 0 Å². The van der Waals surface area contributed by atoms with Gasteiger partial charge in [0.1, 0.15) is 19.0 Å². The van der Waals surface area contributed by atoms with Gasteiger partial charge in [-0.1, -0.05) is 113 Å². The van der Waals surface area contributed by atoms with Crippen molar-refractivity contribution < 1.29 is 14.2 Å². The second kappa shape index (κ2) is 20.5. The zero-order valence-electron chi connectivity index (χ0n) is 28.7. The fourth-order valence-corrected chi connectivity index (χ4v) is 5.41. The van der Waals surface area contributed by atoms with Gasteiger partial charge in [-0.3, -0.25) is 4.79 Å². The zero-order valence-corrected chi connectivity index (χ0v) is 28.7. The van der Waals surface area contributed by atoms with E-state index < -0.39 is 0 Å². The molecule has 3 rings (SSSR count). The molecule has 5 heteroatoms. The first-order valence-corrected chi connectivity index (χ1v) is 17.4. The van der Waals surface area contributed by atoms with Gasteiger partial charge in [0.05, 0.1) is 12.1 Å². The second-order valence-corrected chi connectivity index (χ2v) is 12.4. The predicted octanol–water partition coefficient (Wildman–Crippen LogP) is 11.0. The number of benzene rings is 2. The molecule has 0 N–H and O–H groups in total. The van der Waals surface area contributed by atoms with Crippen LogP contribution in [0.3, 0.4) is 0 Å². The van der Waals surface area contributed by atoms with Gasteiger partial charge in [0.2, 0.25) is 5.75 Å². The van der Waals surface area contributed by atoms with Gasteiger partial charge >= 0.3 is 0 Å². The van der Waals surface area contributed by atoms with Gasteiger partial charge in [-0.05, 0) is 70.2 Å². The van der Waals surface area contributed by atoms with Crippen molar-refractivity contribution in [3.63, 3.8) is 0 Å². The standard InChI is InChI=1S/C40H57NO4/c1-6-8-10-12-13-17-27-41-37-30-35(45-31-34-22-15-14-16-23-34)24-25-36(37)38(39(40(41)42)43-28-18-11-9-7-2)44-29-26-33(5)21-19-20-32(3)4/h14-16,20,22-26,30H,6-13,17-19,21,27-29,31H2,1-5H3/b33-26+. The minimum Gasteiger partial charge on any atom is -0.489 e. The first-order valence-electron chi connectivity index (χ1n) is 17.4. The highest BCUT2D eigenvalue weighted by molar-refractivity contribution is 5.89. The van der Waals surface area contributed by atoms with E-state index in [1.54, 1.807) is 0 Å². The number of hydrogen-bond donors (Lipinski definition) is 0. The third-order valence-electron chi connectivity index (χ3n) is 8.13. The summed E-state index contributed by atoms with van der Waals surface area (Å²) in [5.74, 6) is 1.60. The summed E-state index contributed by atoms with van der Waals surface area (Å²) in [5.41, 5.74) is 4.42. The van der Waals surface area contributed by atoms with Crippen LogP contribution in [0.15, 0.2) is 76.6 Å². The Morgan fingerprint density at radius 3 is 2.20 bits per heavy atom. The zero-order chi connectivity index (χ0) is 32.3. The highest BCUT2D eigenvalue weighted by Crippen LogP contribution is 2.35. The number of pyridine rings is 1. The van der Waals surface area contributed by atoms with E-state index in [9.17, 15) is 4.79 Å². The van der Waals surface area contributed by atoms with Gasteiger partial charge < -0.3 is 18.8 Å². The Morgan fingerprint density at radius 2 is 1.47 bits per heavy atom. The predicted molar refractivity (Wildman–Crippen MR) is 190 cm³/mol. The topological polar surface area (TPSA) is 49.7 Å². The number of ether oxygens (including phenoxy) is 3. The lowest BCUT2D eigenvalue weighted by Gasteiger charge is -2.19. The molecule has 0 saturated heterocycles. The van der Waals surface area contributed by atoms with Gasteiger partial charge in [0, 0.05) is 18.0 Å². The second-order valence-electron chi connectivity index (χ2n) is 12.4. The van der Waals surface area contributed by atoms with Gasteiger partial charge in [-0.15, -0.1) is 0 Å². The molecule has 3 aromatic rings. The van der Waals surface area contributed by atoms with Crippen molar-refractivity contribution in [1.82, 2.24) is 4.57 Å². The lowest BCUT2D eigenvalue weighted by Crippen LogP contribution is -2.24.